The van der Waals surface area contributed by atoms with Crippen LogP contribution in [0.4, 0.5) is 0 Å². The number of fused-ring (bicyclic) bond motifs is 2. The fraction of sp³-hybridized carbons (Fsp3) is 1.00. The van der Waals surface area contributed by atoms with Gasteiger partial charge in [-0.05, 0) is 29.6 Å². The lowest BCUT2D eigenvalue weighted by Crippen LogP contribution is -2.56. The maximum absolute atomic E-state index is 2.58. The van der Waals surface area contributed by atoms with E-state index in [2.05, 4.69) is 41.5 Å². The molecule has 0 radical (unpaired) electrons. The van der Waals surface area contributed by atoms with Crippen molar-refractivity contribution in [3.8, 4) is 0 Å². The number of hydrogen-bond acceptors (Lipinski definition) is 0. The van der Waals surface area contributed by atoms with Gasteiger partial charge in [0.2, 0.25) is 0 Å². The fourth-order valence-corrected chi connectivity index (χ4v) is 5.61. The van der Waals surface area contributed by atoms with Crippen molar-refractivity contribution in [2.45, 2.75) is 98.0 Å². The lowest BCUT2D eigenvalue weighted by Gasteiger charge is -2.63. The second-order valence-electron chi connectivity index (χ2n) is 8.66. The van der Waals surface area contributed by atoms with Crippen LogP contribution < -0.4 is 0 Å². The third-order valence-electron chi connectivity index (χ3n) is 7.48. The average Bonchev–Trinajstić information content (AvgIpc) is 2.43. The fourth-order valence-electron chi connectivity index (χ4n) is 5.61. The monoisotopic (exact) mass is 276 g/mol. The van der Waals surface area contributed by atoms with Gasteiger partial charge in [-0.25, -0.2) is 0 Å². The zero-order valence-corrected chi connectivity index (χ0v) is 14.9. The van der Waals surface area contributed by atoms with Crippen LogP contribution in [-0.2, 0) is 0 Å². The molecule has 0 spiro atoms. The smallest absolute Gasteiger partial charge is 0.0737 e. The number of rotatable bonds is 7. The van der Waals surface area contributed by atoms with E-state index in [-0.39, 0.29) is 0 Å². The Morgan fingerprint density at radius 2 is 1.85 bits per heavy atom. The lowest BCUT2D eigenvalue weighted by molar-refractivity contribution is -0.0994. The van der Waals surface area contributed by atoms with E-state index in [1.807, 2.05) is 0 Å². The van der Waals surface area contributed by atoms with Crippen molar-refractivity contribution < 1.29 is 0 Å². The normalized spacial score (nSPS) is 36.3. The highest BCUT2D eigenvalue weighted by molar-refractivity contribution is 6.62. The van der Waals surface area contributed by atoms with E-state index < -0.39 is 0 Å². The van der Waals surface area contributed by atoms with Crippen LogP contribution >= 0.6 is 0 Å². The molecular formula is C19H37B. The lowest BCUT2D eigenvalue weighted by atomic mass is 9.24. The molecule has 3 fully saturated rings. The Kier molecular flexibility index (Phi) is 5.30. The highest BCUT2D eigenvalue weighted by Gasteiger charge is 2.57. The van der Waals surface area contributed by atoms with Gasteiger partial charge in [-0.15, -0.1) is 0 Å². The van der Waals surface area contributed by atoms with Gasteiger partial charge in [-0.3, -0.25) is 0 Å². The number of unbranched alkanes of at least 4 members (excludes halogenated alkanes) is 2. The largest absolute Gasteiger partial charge is 0.146 e. The molecule has 0 nitrogen and oxygen atoms in total. The van der Waals surface area contributed by atoms with Gasteiger partial charge in [-0.2, -0.15) is 0 Å². The molecule has 0 aromatic rings. The molecule has 0 aromatic heterocycles. The molecule has 20 heavy (non-hydrogen) atoms. The Bertz CT molecular complexity index is 309. The van der Waals surface area contributed by atoms with Crippen LogP contribution in [0.25, 0.3) is 0 Å². The van der Waals surface area contributed by atoms with Crippen molar-refractivity contribution in [3.63, 3.8) is 0 Å². The van der Waals surface area contributed by atoms with Crippen LogP contribution in [0.2, 0.25) is 18.0 Å². The topological polar surface area (TPSA) is 0 Å². The summed E-state index contributed by atoms with van der Waals surface area (Å²) in [6.45, 7) is 15.9. The molecule has 5 atom stereocenters. The molecule has 3 aliphatic carbocycles. The maximum Gasteiger partial charge on any atom is 0.146 e. The zero-order valence-electron chi connectivity index (χ0n) is 14.9. The van der Waals surface area contributed by atoms with Crippen molar-refractivity contribution in [1.29, 1.82) is 0 Å². The molecular weight excluding hydrogens is 239 g/mol. The van der Waals surface area contributed by atoms with Gasteiger partial charge in [0.25, 0.3) is 0 Å². The van der Waals surface area contributed by atoms with E-state index in [0.717, 1.165) is 36.1 Å². The quantitative estimate of drug-likeness (QED) is 0.365. The summed E-state index contributed by atoms with van der Waals surface area (Å²) in [5, 5.41) is 0. The summed E-state index contributed by atoms with van der Waals surface area (Å²) < 4.78 is 0. The highest BCUT2D eigenvalue weighted by atomic mass is 14.6. The molecule has 0 saturated heterocycles. The highest BCUT2D eigenvalue weighted by Crippen LogP contribution is 2.65. The van der Waals surface area contributed by atoms with Crippen LogP contribution in [0.15, 0.2) is 0 Å². The molecule has 2 bridgehead atoms. The van der Waals surface area contributed by atoms with Gasteiger partial charge >= 0.3 is 0 Å². The predicted molar refractivity (Wildman–Crippen MR) is 92.7 cm³/mol. The number of hydrogen-bond donors (Lipinski definition) is 0. The molecule has 0 unspecified atom stereocenters. The van der Waals surface area contributed by atoms with Crippen molar-refractivity contribution in [3.05, 3.63) is 0 Å². The van der Waals surface area contributed by atoms with Crippen LogP contribution in [-0.4, -0.2) is 6.71 Å². The third kappa shape index (κ3) is 2.84. The molecule has 3 saturated carbocycles. The van der Waals surface area contributed by atoms with Crippen LogP contribution in [0, 0.1) is 23.2 Å². The minimum Gasteiger partial charge on any atom is -0.0737 e. The summed E-state index contributed by atoms with van der Waals surface area (Å²) in [6, 6.07) is 0. The van der Waals surface area contributed by atoms with E-state index in [4.69, 9.17) is 0 Å². The maximum atomic E-state index is 2.58. The molecule has 116 valence electrons. The summed E-state index contributed by atoms with van der Waals surface area (Å²) >= 11 is 0. The van der Waals surface area contributed by atoms with Crippen LogP contribution in [0.5, 0.6) is 0 Å². The average molecular weight is 276 g/mol. The second-order valence-corrected chi connectivity index (χ2v) is 8.66. The first-order valence-corrected chi connectivity index (χ1v) is 9.43. The van der Waals surface area contributed by atoms with Crippen molar-refractivity contribution >= 4 is 6.71 Å². The van der Waals surface area contributed by atoms with Gasteiger partial charge in [-0.1, -0.05) is 91.6 Å². The van der Waals surface area contributed by atoms with Crippen molar-refractivity contribution in [2.75, 3.05) is 0 Å². The Hall–Kier alpha value is 0.0649. The summed E-state index contributed by atoms with van der Waals surface area (Å²) in [5.41, 5.74) is 0.652. The van der Waals surface area contributed by atoms with E-state index >= 15 is 0 Å². The van der Waals surface area contributed by atoms with E-state index in [1.54, 1.807) is 0 Å². The van der Waals surface area contributed by atoms with Crippen LogP contribution in [0.1, 0.15) is 80.1 Å². The van der Waals surface area contributed by atoms with Crippen molar-refractivity contribution in [2.24, 2.45) is 23.2 Å². The van der Waals surface area contributed by atoms with Crippen molar-refractivity contribution in [1.82, 2.24) is 0 Å². The van der Waals surface area contributed by atoms with Crippen LogP contribution in [0.3, 0.4) is 0 Å². The zero-order chi connectivity index (χ0) is 14.9. The molecule has 0 heterocycles. The first kappa shape index (κ1) is 16.4. The molecule has 3 rings (SSSR count). The molecule has 0 aromatic carbocycles. The molecule has 3 aliphatic rings. The summed E-state index contributed by atoms with van der Waals surface area (Å²) in [4.78, 5) is 0. The summed E-state index contributed by atoms with van der Waals surface area (Å²) in [7, 11) is 0. The Morgan fingerprint density at radius 3 is 2.35 bits per heavy atom. The van der Waals surface area contributed by atoms with E-state index in [0.29, 0.717) is 5.41 Å². The minimum absolute atomic E-state index is 0.652. The van der Waals surface area contributed by atoms with Gasteiger partial charge < -0.3 is 0 Å². The predicted octanol–water partition coefficient (Wildman–Crippen LogP) is 6.54. The Morgan fingerprint density at radius 1 is 1.15 bits per heavy atom. The standard InChI is InChI=1S/C19H37B/c1-7-9-10-11-20(14(3)8-2)18-13-16-12-17(15(18)4)19(16,5)6/h14-18H,7-13H2,1-6H3/t14-,15-,16+,17-,18-/m1/s1. The second kappa shape index (κ2) is 6.45. The minimum atomic E-state index is 0.652. The summed E-state index contributed by atoms with van der Waals surface area (Å²) in [5.74, 6) is 4.98. The first-order chi connectivity index (χ1) is 9.43. The molecule has 1 heteroatoms. The SMILES string of the molecule is CCCCCB([C@H](C)CC)[C@@H]1C[C@@H]2C[C@H]([C@H]1C)C2(C)C. The van der Waals surface area contributed by atoms with E-state index in [9.17, 15) is 0 Å². The first-order valence-electron chi connectivity index (χ1n) is 9.43. The van der Waals surface area contributed by atoms with Gasteiger partial charge in [0, 0.05) is 0 Å². The molecule has 0 aliphatic heterocycles. The van der Waals surface area contributed by atoms with Gasteiger partial charge in [0.15, 0.2) is 0 Å². The molecule has 0 amide bonds. The Balaban J connectivity index is 2.02. The molecule has 0 N–H and O–H groups in total. The summed E-state index contributed by atoms with van der Waals surface area (Å²) in [6.07, 6.45) is 10.2. The van der Waals surface area contributed by atoms with Gasteiger partial charge in [0.05, 0.1) is 0 Å². The van der Waals surface area contributed by atoms with Gasteiger partial charge in [0.1, 0.15) is 6.71 Å². The van der Waals surface area contributed by atoms with E-state index in [1.165, 1.54) is 44.8 Å². The third-order valence-corrected chi connectivity index (χ3v) is 7.48. The Labute approximate surface area is 128 Å².